The number of hydrogen-bond donors (Lipinski definition) is 1. The van der Waals surface area contributed by atoms with Crippen molar-refractivity contribution in [1.82, 2.24) is 25.1 Å². The van der Waals surface area contributed by atoms with Gasteiger partial charge in [0.05, 0.1) is 0 Å². The fourth-order valence-electron chi connectivity index (χ4n) is 1.54. The highest BCUT2D eigenvalue weighted by Gasteiger charge is 2.41. The molecule has 0 aliphatic rings. The highest BCUT2D eigenvalue weighted by atomic mass is 19.4. The summed E-state index contributed by atoms with van der Waals surface area (Å²) in [5.41, 5.74) is -2.65. The number of aromatic nitrogens is 5. The molecule has 0 radical (unpaired) electrons. The maximum Gasteiger partial charge on any atom is 0.435 e. The smallest absolute Gasteiger partial charge is 0.435 e. The maximum absolute atomic E-state index is 12.9. The molecule has 0 atom stereocenters. The second-order valence-corrected chi connectivity index (χ2v) is 4.45. The van der Waals surface area contributed by atoms with Crippen molar-refractivity contribution in [2.24, 2.45) is 0 Å². The molecule has 2 aromatic rings. The number of nitrogens with zero attached hydrogens (tertiary/aromatic N) is 5. The first kappa shape index (κ1) is 14.9. The zero-order chi connectivity index (χ0) is 15.8. The van der Waals surface area contributed by atoms with Crippen molar-refractivity contribution in [3.8, 4) is 0 Å². The molecule has 2 rings (SSSR count). The molecule has 0 amide bonds. The van der Waals surface area contributed by atoms with E-state index in [1.54, 1.807) is 13.8 Å². The molecule has 114 valence electrons. The van der Waals surface area contributed by atoms with Crippen molar-refractivity contribution < 1.29 is 27.6 Å². The zero-order valence-corrected chi connectivity index (χ0v) is 10.9. The molecular weight excluding hydrogens is 295 g/mol. The van der Waals surface area contributed by atoms with Gasteiger partial charge in [-0.05, 0) is 0 Å². The molecule has 0 aliphatic heterocycles. The average molecular weight is 305 g/mol. The molecule has 8 nitrogen and oxygen atoms in total. The molecule has 0 unspecified atom stereocenters. The van der Waals surface area contributed by atoms with Gasteiger partial charge < -0.3 is 9.63 Å². The lowest BCUT2D eigenvalue weighted by molar-refractivity contribution is -0.144. The molecular formula is C10H10F3N5O3. The Hall–Kier alpha value is -2.46. The molecule has 2 heterocycles. The fourth-order valence-corrected chi connectivity index (χ4v) is 1.54. The van der Waals surface area contributed by atoms with Crippen LogP contribution in [0.1, 0.15) is 47.7 Å². The van der Waals surface area contributed by atoms with Crippen LogP contribution in [0.25, 0.3) is 0 Å². The number of carboxylic acids is 1. The summed E-state index contributed by atoms with van der Waals surface area (Å²) in [7, 11) is 0. The monoisotopic (exact) mass is 305 g/mol. The third-order valence-electron chi connectivity index (χ3n) is 2.49. The second kappa shape index (κ2) is 5.14. The van der Waals surface area contributed by atoms with E-state index in [2.05, 4.69) is 20.5 Å². The van der Waals surface area contributed by atoms with Crippen LogP contribution in [0.5, 0.6) is 0 Å². The van der Waals surface area contributed by atoms with Gasteiger partial charge in [-0.3, -0.25) is 0 Å². The van der Waals surface area contributed by atoms with E-state index in [9.17, 15) is 18.0 Å². The predicted molar refractivity (Wildman–Crippen MR) is 59.5 cm³/mol. The number of rotatable bonds is 4. The standard InChI is InChI=1S/C10H10F3N5O3/c1-4(2)8-14-5(21-16-8)3-18-7(10(11,12)13)6(9(19)20)15-17-18/h4H,3H2,1-2H3,(H,19,20). The van der Waals surface area contributed by atoms with Gasteiger partial charge in [0.1, 0.15) is 6.54 Å². The van der Waals surface area contributed by atoms with Crippen LogP contribution < -0.4 is 0 Å². The quantitative estimate of drug-likeness (QED) is 0.913. The lowest BCUT2D eigenvalue weighted by atomic mass is 10.2. The highest BCUT2D eigenvalue weighted by molar-refractivity contribution is 5.86. The van der Waals surface area contributed by atoms with Crippen LogP contribution in [-0.4, -0.2) is 36.2 Å². The van der Waals surface area contributed by atoms with E-state index in [4.69, 9.17) is 9.63 Å². The molecule has 0 saturated carbocycles. The van der Waals surface area contributed by atoms with Gasteiger partial charge >= 0.3 is 12.1 Å². The molecule has 2 aromatic heterocycles. The van der Waals surface area contributed by atoms with E-state index in [1.165, 1.54) is 0 Å². The minimum Gasteiger partial charge on any atom is -0.476 e. The van der Waals surface area contributed by atoms with Crippen LogP contribution >= 0.6 is 0 Å². The van der Waals surface area contributed by atoms with Crippen LogP contribution in [-0.2, 0) is 12.7 Å². The highest BCUT2D eigenvalue weighted by Crippen LogP contribution is 2.31. The van der Waals surface area contributed by atoms with Crippen LogP contribution in [0.2, 0.25) is 0 Å². The van der Waals surface area contributed by atoms with Crippen molar-refractivity contribution in [3.05, 3.63) is 23.1 Å². The van der Waals surface area contributed by atoms with Gasteiger partial charge in [0, 0.05) is 5.92 Å². The van der Waals surface area contributed by atoms with E-state index in [1.807, 2.05) is 0 Å². The summed E-state index contributed by atoms with van der Waals surface area (Å²) in [6.45, 7) is 3.05. The van der Waals surface area contributed by atoms with Crippen LogP contribution in [0.3, 0.4) is 0 Å². The van der Waals surface area contributed by atoms with Crippen molar-refractivity contribution in [2.45, 2.75) is 32.5 Å². The van der Waals surface area contributed by atoms with E-state index in [0.29, 0.717) is 10.5 Å². The lowest BCUT2D eigenvalue weighted by Gasteiger charge is -2.08. The van der Waals surface area contributed by atoms with E-state index in [0.717, 1.165) is 0 Å². The lowest BCUT2D eigenvalue weighted by Crippen LogP contribution is -2.19. The normalized spacial score (nSPS) is 12.1. The zero-order valence-electron chi connectivity index (χ0n) is 10.9. The first-order chi connectivity index (χ1) is 9.70. The molecule has 0 aliphatic carbocycles. The first-order valence-electron chi connectivity index (χ1n) is 5.76. The Labute approximate surface area is 115 Å². The summed E-state index contributed by atoms with van der Waals surface area (Å²) in [6.07, 6.45) is -4.92. The Balaban J connectivity index is 2.37. The molecule has 1 N–H and O–H groups in total. The van der Waals surface area contributed by atoms with Gasteiger partial charge in [0.2, 0.25) is 11.6 Å². The van der Waals surface area contributed by atoms with Crippen molar-refractivity contribution in [2.75, 3.05) is 0 Å². The van der Waals surface area contributed by atoms with Gasteiger partial charge in [0.25, 0.3) is 0 Å². The average Bonchev–Trinajstić information content (AvgIpc) is 2.94. The van der Waals surface area contributed by atoms with E-state index < -0.39 is 30.1 Å². The largest absolute Gasteiger partial charge is 0.476 e. The summed E-state index contributed by atoms with van der Waals surface area (Å²) < 4.78 is 43.9. The molecule has 0 bridgehead atoms. The molecule has 0 aromatic carbocycles. The second-order valence-electron chi connectivity index (χ2n) is 4.45. The fraction of sp³-hybridized carbons (Fsp3) is 0.500. The number of carboxylic acid groups (broad SMARTS) is 1. The summed E-state index contributed by atoms with van der Waals surface area (Å²) in [5.74, 6) is -1.67. The van der Waals surface area contributed by atoms with Crippen molar-refractivity contribution in [3.63, 3.8) is 0 Å². The van der Waals surface area contributed by atoms with Gasteiger partial charge in [-0.25, -0.2) is 9.48 Å². The summed E-state index contributed by atoms with van der Waals surface area (Å²) >= 11 is 0. The van der Waals surface area contributed by atoms with E-state index >= 15 is 0 Å². The summed E-state index contributed by atoms with van der Waals surface area (Å²) in [4.78, 5) is 14.7. The minimum atomic E-state index is -4.92. The molecule has 0 spiro atoms. The van der Waals surface area contributed by atoms with Gasteiger partial charge in [-0.1, -0.05) is 24.2 Å². The molecule has 21 heavy (non-hydrogen) atoms. The molecule has 0 fully saturated rings. The number of halogens is 3. The third-order valence-corrected chi connectivity index (χ3v) is 2.49. The van der Waals surface area contributed by atoms with Gasteiger partial charge in [0.15, 0.2) is 11.5 Å². The Morgan fingerprint density at radius 2 is 2.10 bits per heavy atom. The number of alkyl halides is 3. The summed E-state index contributed by atoms with van der Waals surface area (Å²) in [6, 6.07) is 0. The van der Waals surface area contributed by atoms with Crippen LogP contribution in [0.15, 0.2) is 4.52 Å². The van der Waals surface area contributed by atoms with Gasteiger partial charge in [-0.15, -0.1) is 5.10 Å². The Kier molecular flexibility index (Phi) is 3.66. The van der Waals surface area contributed by atoms with Crippen molar-refractivity contribution >= 4 is 5.97 Å². The third kappa shape index (κ3) is 3.01. The van der Waals surface area contributed by atoms with Crippen molar-refractivity contribution in [1.29, 1.82) is 0 Å². The summed E-state index contributed by atoms with van der Waals surface area (Å²) in [5, 5.41) is 18.5. The number of hydrogen-bond acceptors (Lipinski definition) is 6. The Morgan fingerprint density at radius 1 is 1.43 bits per heavy atom. The Bertz CT molecular complexity index is 661. The topological polar surface area (TPSA) is 107 Å². The van der Waals surface area contributed by atoms with Crippen LogP contribution in [0.4, 0.5) is 13.2 Å². The molecule has 11 heteroatoms. The van der Waals surface area contributed by atoms with Gasteiger partial charge in [-0.2, -0.15) is 18.2 Å². The Morgan fingerprint density at radius 3 is 2.57 bits per heavy atom. The minimum absolute atomic E-state index is 0.0603. The predicted octanol–water partition coefficient (Wildman–Crippen LogP) is 1.55. The first-order valence-corrected chi connectivity index (χ1v) is 5.76. The number of carbonyl (C=O) groups is 1. The maximum atomic E-state index is 12.9. The SMILES string of the molecule is CC(C)c1noc(Cn2nnc(C(=O)O)c2C(F)(F)F)n1. The van der Waals surface area contributed by atoms with Crippen LogP contribution in [0, 0.1) is 0 Å². The molecule has 0 saturated heterocycles. The number of aromatic carboxylic acids is 1. The van der Waals surface area contributed by atoms with E-state index in [-0.39, 0.29) is 11.8 Å².